The van der Waals surface area contributed by atoms with E-state index in [9.17, 15) is 14.0 Å². The quantitative estimate of drug-likeness (QED) is 0.475. The monoisotopic (exact) mass is 410 g/mol. The molecule has 0 aliphatic rings. The molecule has 0 saturated heterocycles. The fourth-order valence-electron chi connectivity index (χ4n) is 1.79. The third kappa shape index (κ3) is 4.59. The number of nitrogens with one attached hydrogen (secondary N) is 2. The fraction of sp³-hybridized carbons (Fsp3) is 0.143. The molecule has 0 fully saturated rings. The minimum absolute atomic E-state index is 0.0365. The van der Waals surface area contributed by atoms with E-state index < -0.39 is 5.82 Å². The molecular formula is C14H11FN6O2S3. The average Bonchev–Trinajstić information content (AvgIpc) is 3.24. The van der Waals surface area contributed by atoms with E-state index in [0.717, 1.165) is 34.6 Å². The lowest BCUT2D eigenvalue weighted by Crippen LogP contribution is -2.14. The van der Waals surface area contributed by atoms with Crippen LogP contribution in [0.5, 0.6) is 0 Å². The Bertz CT molecular complexity index is 944. The summed E-state index contributed by atoms with van der Waals surface area (Å²) in [5.74, 6) is -1.19. The topological polar surface area (TPSA) is 110 Å². The number of carbonyl (C=O) groups excluding carboxylic acids is 2. The molecule has 2 heterocycles. The highest BCUT2D eigenvalue weighted by Gasteiger charge is 2.16. The van der Waals surface area contributed by atoms with Gasteiger partial charge < -0.3 is 5.32 Å². The van der Waals surface area contributed by atoms with Gasteiger partial charge in [0.05, 0.1) is 17.1 Å². The maximum absolute atomic E-state index is 13.5. The number of para-hydroxylation sites is 1. The molecule has 0 spiro atoms. The summed E-state index contributed by atoms with van der Waals surface area (Å²) in [5, 5.41) is 16.9. The third-order valence-electron chi connectivity index (χ3n) is 2.96. The Balaban J connectivity index is 1.52. The molecule has 2 N–H and O–H groups in total. The van der Waals surface area contributed by atoms with E-state index in [1.54, 1.807) is 19.1 Å². The molecule has 2 amide bonds. The summed E-state index contributed by atoms with van der Waals surface area (Å²) >= 11 is 3.27. The number of amides is 2. The van der Waals surface area contributed by atoms with Crippen molar-refractivity contribution in [3.05, 3.63) is 40.7 Å². The van der Waals surface area contributed by atoms with E-state index >= 15 is 0 Å². The highest BCUT2D eigenvalue weighted by Crippen LogP contribution is 2.26. The molecule has 0 unspecified atom stereocenters. The molecule has 0 atom stereocenters. The van der Waals surface area contributed by atoms with Gasteiger partial charge in [0.1, 0.15) is 10.7 Å². The molecule has 3 aromatic rings. The minimum atomic E-state index is -0.500. The Hall–Kier alpha value is -2.44. The first-order valence-corrected chi connectivity index (χ1v) is 9.71. The van der Waals surface area contributed by atoms with Crippen LogP contribution in [0.3, 0.4) is 0 Å². The molecular weight excluding hydrogens is 399 g/mol. The van der Waals surface area contributed by atoms with Crippen molar-refractivity contribution in [3.8, 4) is 0 Å². The van der Waals surface area contributed by atoms with Gasteiger partial charge in [0.25, 0.3) is 5.91 Å². The van der Waals surface area contributed by atoms with Gasteiger partial charge in [-0.05, 0) is 30.6 Å². The van der Waals surface area contributed by atoms with E-state index in [0.29, 0.717) is 20.0 Å². The smallest absolute Gasteiger partial charge is 0.271 e. The van der Waals surface area contributed by atoms with Crippen LogP contribution in [0.15, 0.2) is 28.6 Å². The van der Waals surface area contributed by atoms with Crippen LogP contribution in [0.4, 0.5) is 15.2 Å². The number of benzene rings is 1. The Labute approximate surface area is 159 Å². The van der Waals surface area contributed by atoms with Gasteiger partial charge in [0.15, 0.2) is 4.34 Å². The van der Waals surface area contributed by atoms with Crippen molar-refractivity contribution in [2.24, 2.45) is 0 Å². The highest BCUT2D eigenvalue weighted by molar-refractivity contribution is 8.01. The van der Waals surface area contributed by atoms with E-state index in [1.165, 1.54) is 12.1 Å². The van der Waals surface area contributed by atoms with E-state index in [4.69, 9.17) is 0 Å². The van der Waals surface area contributed by atoms with Gasteiger partial charge in [0.2, 0.25) is 11.0 Å². The number of aryl methyl sites for hydroxylation is 1. The van der Waals surface area contributed by atoms with Gasteiger partial charge >= 0.3 is 0 Å². The number of thioether (sulfide) groups is 1. The number of hydrogen-bond donors (Lipinski definition) is 2. The second-order valence-electron chi connectivity index (χ2n) is 4.83. The van der Waals surface area contributed by atoms with Gasteiger partial charge in [-0.25, -0.2) is 4.39 Å². The molecule has 0 aliphatic carbocycles. The summed E-state index contributed by atoms with van der Waals surface area (Å²) in [6.07, 6.45) is 0. The van der Waals surface area contributed by atoms with E-state index in [2.05, 4.69) is 30.4 Å². The molecule has 1 aromatic carbocycles. The van der Waals surface area contributed by atoms with Crippen molar-refractivity contribution in [3.63, 3.8) is 0 Å². The van der Waals surface area contributed by atoms with E-state index in [1.807, 2.05) is 0 Å². The van der Waals surface area contributed by atoms with Crippen LogP contribution >= 0.6 is 34.6 Å². The Morgan fingerprint density at radius 3 is 2.73 bits per heavy atom. The van der Waals surface area contributed by atoms with Crippen molar-refractivity contribution in [2.75, 3.05) is 16.4 Å². The molecule has 0 bridgehead atoms. The second-order valence-corrected chi connectivity index (χ2v) is 7.79. The number of anilines is 2. The van der Waals surface area contributed by atoms with E-state index in [-0.39, 0.29) is 23.3 Å². The lowest BCUT2D eigenvalue weighted by atomic mass is 10.3. The zero-order valence-corrected chi connectivity index (χ0v) is 15.7. The van der Waals surface area contributed by atoms with Crippen LogP contribution < -0.4 is 10.6 Å². The molecule has 12 heteroatoms. The highest BCUT2D eigenvalue weighted by atomic mass is 32.2. The molecule has 3 rings (SSSR count). The minimum Gasteiger partial charge on any atom is -0.323 e. The van der Waals surface area contributed by atoms with Crippen molar-refractivity contribution in [2.45, 2.75) is 11.3 Å². The van der Waals surface area contributed by atoms with Gasteiger partial charge in [-0.2, -0.15) is 0 Å². The van der Waals surface area contributed by atoms with Crippen LogP contribution in [-0.2, 0) is 4.79 Å². The number of nitrogens with zero attached hydrogens (tertiary/aromatic N) is 4. The number of aromatic nitrogens is 4. The molecule has 2 aromatic heterocycles. The predicted molar refractivity (Wildman–Crippen MR) is 98.3 cm³/mol. The Kier molecular flexibility index (Phi) is 5.85. The summed E-state index contributed by atoms with van der Waals surface area (Å²) < 4.78 is 17.7. The summed E-state index contributed by atoms with van der Waals surface area (Å²) in [6.45, 7) is 1.69. The molecule has 0 aliphatic heterocycles. The number of carbonyl (C=O) groups is 2. The summed E-state index contributed by atoms with van der Waals surface area (Å²) in [5.41, 5.74) is 0.660. The first kappa shape index (κ1) is 18.4. The summed E-state index contributed by atoms with van der Waals surface area (Å²) in [4.78, 5) is 24.4. The van der Waals surface area contributed by atoms with Gasteiger partial charge in [-0.3, -0.25) is 14.9 Å². The van der Waals surface area contributed by atoms with Crippen LogP contribution in [0, 0.1) is 12.7 Å². The maximum atomic E-state index is 13.5. The zero-order chi connectivity index (χ0) is 18.5. The van der Waals surface area contributed by atoms with Crippen LogP contribution in [0.1, 0.15) is 15.4 Å². The summed E-state index contributed by atoms with van der Waals surface area (Å²) in [6, 6.07) is 5.92. The normalized spacial score (nSPS) is 10.5. The first-order valence-electron chi connectivity index (χ1n) is 7.14. The van der Waals surface area contributed by atoms with Gasteiger partial charge in [0, 0.05) is 0 Å². The van der Waals surface area contributed by atoms with Crippen molar-refractivity contribution in [1.82, 2.24) is 19.8 Å². The molecule has 0 saturated carbocycles. The Morgan fingerprint density at radius 2 is 2.00 bits per heavy atom. The predicted octanol–water partition coefficient (Wildman–Crippen LogP) is 2.82. The Morgan fingerprint density at radius 1 is 1.19 bits per heavy atom. The van der Waals surface area contributed by atoms with Crippen molar-refractivity contribution < 1.29 is 14.0 Å². The number of rotatable bonds is 6. The van der Waals surface area contributed by atoms with Crippen molar-refractivity contribution in [1.29, 1.82) is 0 Å². The number of halogens is 1. The first-order chi connectivity index (χ1) is 12.5. The standard InChI is InChI=1S/C14H11FN6O2S3/c1-7-11(26-21-18-7)12(23)17-13-19-20-14(25-13)24-6-10(22)16-9-5-3-2-4-8(9)15/h2-5H,6H2,1H3,(H,16,22)(H,17,19,23). The summed E-state index contributed by atoms with van der Waals surface area (Å²) in [7, 11) is 0. The molecule has 0 radical (unpaired) electrons. The SMILES string of the molecule is Cc1nnsc1C(=O)Nc1nnc(SCC(=O)Nc2ccccc2F)s1. The van der Waals surface area contributed by atoms with Crippen LogP contribution in [-0.4, -0.2) is 37.4 Å². The van der Waals surface area contributed by atoms with Crippen LogP contribution in [0.25, 0.3) is 0 Å². The van der Waals surface area contributed by atoms with Gasteiger partial charge in [-0.1, -0.05) is 39.7 Å². The molecule has 8 nitrogen and oxygen atoms in total. The lowest BCUT2D eigenvalue weighted by Gasteiger charge is -2.04. The van der Waals surface area contributed by atoms with Crippen molar-refractivity contribution >= 4 is 57.3 Å². The van der Waals surface area contributed by atoms with Crippen LogP contribution in [0.2, 0.25) is 0 Å². The fourth-order valence-corrected chi connectivity index (χ4v) is 3.89. The second kappa shape index (κ2) is 8.29. The molecule has 26 heavy (non-hydrogen) atoms. The zero-order valence-electron chi connectivity index (χ0n) is 13.2. The molecule has 134 valence electrons. The van der Waals surface area contributed by atoms with Gasteiger partial charge in [-0.15, -0.1) is 15.3 Å². The number of hydrogen-bond acceptors (Lipinski definition) is 9. The third-order valence-corrected chi connectivity index (χ3v) is 5.76. The average molecular weight is 410 g/mol. The largest absolute Gasteiger partial charge is 0.323 e. The lowest BCUT2D eigenvalue weighted by molar-refractivity contribution is -0.113. The maximum Gasteiger partial charge on any atom is 0.271 e.